The zero-order chi connectivity index (χ0) is 24.7. The van der Waals surface area contributed by atoms with Crippen molar-refractivity contribution in [3.8, 4) is 0 Å². The molecule has 1 unspecified atom stereocenters. The van der Waals surface area contributed by atoms with Crippen LogP contribution in [0.1, 0.15) is 56.5 Å². The van der Waals surface area contributed by atoms with Crippen LogP contribution in [-0.2, 0) is 20.7 Å². The third-order valence-electron chi connectivity index (χ3n) is 7.22. The number of piperidine rings is 1. The molecule has 34 heavy (non-hydrogen) atoms. The van der Waals surface area contributed by atoms with Crippen LogP contribution in [0.3, 0.4) is 0 Å². The monoisotopic (exact) mass is 482 g/mol. The molecular formula is C22H29F3N6O3. The molecule has 0 radical (unpaired) electrons. The van der Waals surface area contributed by atoms with Crippen LogP contribution in [0.15, 0.2) is 12.4 Å². The van der Waals surface area contributed by atoms with Crippen molar-refractivity contribution in [1.82, 2.24) is 24.9 Å². The maximum Gasteiger partial charge on any atom is 0.393 e. The number of nitrogens with one attached hydrogen (secondary N) is 1. The van der Waals surface area contributed by atoms with E-state index >= 15 is 0 Å². The van der Waals surface area contributed by atoms with Crippen molar-refractivity contribution in [2.24, 2.45) is 28.9 Å². The number of methoxy groups -OCH3 is 1. The van der Waals surface area contributed by atoms with E-state index in [1.165, 1.54) is 10.7 Å². The number of alkyl halides is 3. The average molecular weight is 483 g/mol. The average Bonchev–Trinajstić information content (AvgIpc) is 3.22. The van der Waals surface area contributed by atoms with E-state index in [-0.39, 0.29) is 23.9 Å². The highest BCUT2D eigenvalue weighted by molar-refractivity contribution is 6.03. The summed E-state index contributed by atoms with van der Waals surface area (Å²) in [5, 5.41) is 6.60. The van der Waals surface area contributed by atoms with Gasteiger partial charge in [-0.25, -0.2) is 14.5 Å². The number of aromatic nitrogens is 4. The van der Waals surface area contributed by atoms with E-state index in [1.54, 1.807) is 6.20 Å². The molecule has 0 bridgehead atoms. The van der Waals surface area contributed by atoms with Crippen LogP contribution >= 0.6 is 0 Å². The summed E-state index contributed by atoms with van der Waals surface area (Å²) in [7, 11) is 1.04. The molecule has 2 aromatic heterocycles. The first kappa shape index (κ1) is 24.4. The summed E-state index contributed by atoms with van der Waals surface area (Å²) in [6.07, 6.45) is 1.53. The van der Waals surface area contributed by atoms with Gasteiger partial charge in [-0.1, -0.05) is 19.8 Å². The highest BCUT2D eigenvalue weighted by Gasteiger charge is 2.57. The Morgan fingerprint density at radius 1 is 1.35 bits per heavy atom. The van der Waals surface area contributed by atoms with Crippen LogP contribution in [0.5, 0.6) is 0 Å². The van der Waals surface area contributed by atoms with Crippen LogP contribution in [0, 0.1) is 23.2 Å². The predicted octanol–water partition coefficient (Wildman–Crippen LogP) is 2.35. The normalized spacial score (nSPS) is 29.0. The molecule has 1 aliphatic carbocycles. The van der Waals surface area contributed by atoms with Crippen molar-refractivity contribution < 1.29 is 27.5 Å². The van der Waals surface area contributed by atoms with Gasteiger partial charge in [-0.3, -0.25) is 9.59 Å². The Kier molecular flexibility index (Phi) is 6.54. The van der Waals surface area contributed by atoms with Crippen molar-refractivity contribution in [3.05, 3.63) is 23.8 Å². The van der Waals surface area contributed by atoms with Crippen molar-refractivity contribution in [1.29, 1.82) is 0 Å². The predicted molar refractivity (Wildman–Crippen MR) is 114 cm³/mol. The molecule has 3 heterocycles. The lowest BCUT2D eigenvalue weighted by molar-refractivity contribution is -0.195. The molecule has 1 amide bonds. The smallest absolute Gasteiger partial charge is 0.393 e. The third-order valence-corrected chi connectivity index (χ3v) is 7.22. The molecule has 2 aromatic rings. The van der Waals surface area contributed by atoms with Gasteiger partial charge in [0.15, 0.2) is 5.41 Å². The first-order valence-corrected chi connectivity index (χ1v) is 11.4. The number of nitrogens with two attached hydrogens (primary N) is 1. The molecule has 0 aromatic carbocycles. The maximum atomic E-state index is 13.4. The molecule has 2 fully saturated rings. The van der Waals surface area contributed by atoms with Crippen molar-refractivity contribution in [2.45, 2.75) is 57.7 Å². The number of hydrogen-bond acceptors (Lipinski definition) is 7. The number of halogens is 3. The lowest BCUT2D eigenvalue weighted by Gasteiger charge is -2.38. The molecule has 12 heteroatoms. The van der Waals surface area contributed by atoms with E-state index in [2.05, 4.69) is 27.3 Å². The molecule has 186 valence electrons. The fourth-order valence-electron chi connectivity index (χ4n) is 5.07. The molecule has 1 saturated carbocycles. The van der Waals surface area contributed by atoms with Crippen molar-refractivity contribution >= 4 is 17.7 Å². The van der Waals surface area contributed by atoms with Crippen molar-refractivity contribution in [3.63, 3.8) is 0 Å². The second-order valence-corrected chi connectivity index (χ2v) is 9.61. The fourth-order valence-corrected chi connectivity index (χ4v) is 5.07. The van der Waals surface area contributed by atoms with Gasteiger partial charge in [-0.2, -0.15) is 18.3 Å². The van der Waals surface area contributed by atoms with E-state index in [0.717, 1.165) is 32.8 Å². The van der Waals surface area contributed by atoms with Gasteiger partial charge in [0.2, 0.25) is 5.91 Å². The lowest BCUT2D eigenvalue weighted by atomic mass is 9.72. The zero-order valence-corrected chi connectivity index (χ0v) is 19.1. The van der Waals surface area contributed by atoms with Gasteiger partial charge in [0.1, 0.15) is 0 Å². The number of rotatable bonds is 5. The van der Waals surface area contributed by atoms with Crippen LogP contribution < -0.4 is 11.1 Å². The number of esters is 1. The highest BCUT2D eigenvalue weighted by atomic mass is 19.4. The molecule has 1 aliphatic heterocycles. The molecule has 3 atom stereocenters. The number of carbonyl (C=O) groups is 2. The standard InChI is InChI=1S/C22H29F3N6O3/c1-12-3-5-13(6-4-12)17(26)16-11-31-20(29-16)28-10-15(30-31)8-21(19(33)34-2)7-14(22(23,24)25)9-27-18(21)32/h10-14,17H,3-9,26H2,1-2H3,(H,27,32)/t12?,13?,14-,17+,21?/m1/s1. The summed E-state index contributed by atoms with van der Waals surface area (Å²) < 4.78 is 46.4. The minimum absolute atomic E-state index is 0.167. The Hall–Kier alpha value is -2.76. The van der Waals surface area contributed by atoms with Gasteiger partial charge in [-0.05, 0) is 31.1 Å². The van der Waals surface area contributed by atoms with Gasteiger partial charge in [-0.15, -0.1) is 0 Å². The molecule has 4 rings (SSSR count). The minimum atomic E-state index is -4.57. The van der Waals surface area contributed by atoms with Gasteiger partial charge in [0.25, 0.3) is 5.78 Å². The Morgan fingerprint density at radius 3 is 2.71 bits per heavy atom. The Balaban J connectivity index is 1.60. The third kappa shape index (κ3) is 4.59. The second-order valence-electron chi connectivity index (χ2n) is 9.61. The second kappa shape index (κ2) is 9.12. The van der Waals surface area contributed by atoms with Gasteiger partial charge < -0.3 is 15.8 Å². The van der Waals surface area contributed by atoms with Gasteiger partial charge in [0, 0.05) is 13.0 Å². The van der Waals surface area contributed by atoms with Gasteiger partial charge >= 0.3 is 12.1 Å². The van der Waals surface area contributed by atoms with Crippen molar-refractivity contribution in [2.75, 3.05) is 13.7 Å². The summed E-state index contributed by atoms with van der Waals surface area (Å²) in [4.78, 5) is 34.0. The number of carbonyl (C=O) groups excluding carboxylic acids is 2. The Labute approximate surface area is 194 Å². The molecule has 2 aliphatic rings. The minimum Gasteiger partial charge on any atom is -0.468 e. The molecule has 1 saturated heterocycles. The summed E-state index contributed by atoms with van der Waals surface area (Å²) >= 11 is 0. The largest absolute Gasteiger partial charge is 0.468 e. The topological polar surface area (TPSA) is 124 Å². The van der Waals surface area contributed by atoms with E-state index in [1.807, 2.05) is 0 Å². The summed E-state index contributed by atoms with van der Waals surface area (Å²) in [6, 6.07) is -0.280. The summed E-state index contributed by atoms with van der Waals surface area (Å²) in [5.41, 5.74) is 5.20. The first-order chi connectivity index (χ1) is 16.0. The van der Waals surface area contributed by atoms with Crippen LogP contribution in [0.4, 0.5) is 13.2 Å². The van der Waals surface area contributed by atoms with E-state index in [4.69, 9.17) is 10.5 Å². The SMILES string of the molecule is COC(=O)C1(Cc2cnc3nc([C@@H](N)C4CCC(C)CC4)cn3n2)C[C@@H](C(F)(F)F)CNC1=O. The van der Waals surface area contributed by atoms with Crippen LogP contribution in [-0.4, -0.2) is 51.3 Å². The quantitative estimate of drug-likeness (QED) is 0.495. The Morgan fingerprint density at radius 2 is 2.06 bits per heavy atom. The Bertz CT molecular complexity index is 1060. The van der Waals surface area contributed by atoms with E-state index in [9.17, 15) is 22.8 Å². The summed E-state index contributed by atoms with van der Waals surface area (Å²) in [5.74, 6) is -2.47. The summed E-state index contributed by atoms with van der Waals surface area (Å²) in [6.45, 7) is 1.64. The molecule has 9 nitrogen and oxygen atoms in total. The van der Waals surface area contributed by atoms with Crippen LogP contribution in [0.25, 0.3) is 5.78 Å². The number of imidazole rings is 1. The molecule has 0 spiro atoms. The lowest BCUT2D eigenvalue weighted by Crippen LogP contribution is -2.57. The molecule has 3 N–H and O–H groups in total. The number of hydrogen-bond donors (Lipinski definition) is 2. The number of amides is 1. The maximum absolute atomic E-state index is 13.4. The number of nitrogens with zero attached hydrogens (tertiary/aromatic N) is 4. The van der Waals surface area contributed by atoms with Crippen LogP contribution in [0.2, 0.25) is 0 Å². The number of ether oxygens (including phenoxy) is 1. The van der Waals surface area contributed by atoms with E-state index in [0.29, 0.717) is 17.5 Å². The first-order valence-electron chi connectivity index (χ1n) is 11.4. The highest BCUT2D eigenvalue weighted by Crippen LogP contribution is 2.41. The van der Waals surface area contributed by atoms with E-state index < -0.39 is 42.4 Å². The zero-order valence-electron chi connectivity index (χ0n) is 19.1. The molecular weight excluding hydrogens is 453 g/mol. The fraction of sp³-hybridized carbons (Fsp3) is 0.682. The van der Waals surface area contributed by atoms with Gasteiger partial charge in [0.05, 0.1) is 42.9 Å². The number of fused-ring (bicyclic) bond motifs is 1.